The first-order valence-electron chi connectivity index (χ1n) is 9.57. The lowest BCUT2D eigenvalue weighted by atomic mass is 10.1. The average Bonchev–Trinajstić information content (AvgIpc) is 2.74. The van der Waals surface area contributed by atoms with Crippen molar-refractivity contribution >= 4 is 21.6 Å². The molecule has 0 saturated carbocycles. The lowest BCUT2D eigenvalue weighted by Crippen LogP contribution is -2.23. The van der Waals surface area contributed by atoms with E-state index in [2.05, 4.69) is 10.0 Å². The first-order chi connectivity index (χ1) is 14.4. The summed E-state index contributed by atoms with van der Waals surface area (Å²) >= 11 is 0. The van der Waals surface area contributed by atoms with Crippen LogP contribution in [0.4, 0.5) is 5.69 Å². The van der Waals surface area contributed by atoms with Crippen LogP contribution in [0.15, 0.2) is 77.7 Å². The minimum absolute atomic E-state index is 0.114. The van der Waals surface area contributed by atoms with E-state index in [9.17, 15) is 13.2 Å². The maximum atomic E-state index is 12.7. The molecule has 1 amide bonds. The second-order valence-corrected chi connectivity index (χ2v) is 8.52. The van der Waals surface area contributed by atoms with Gasteiger partial charge in [-0.15, -0.1) is 0 Å². The van der Waals surface area contributed by atoms with Gasteiger partial charge in [0.05, 0.1) is 10.6 Å². The number of hydrogen-bond acceptors (Lipinski definition) is 4. The number of ether oxygens (including phenoxy) is 1. The number of sulfonamides is 1. The molecule has 0 aliphatic rings. The zero-order valence-corrected chi connectivity index (χ0v) is 17.7. The molecule has 2 N–H and O–H groups in total. The summed E-state index contributed by atoms with van der Waals surface area (Å²) in [5, 5.41) is 2.84. The highest BCUT2D eigenvalue weighted by Gasteiger charge is 2.15. The van der Waals surface area contributed by atoms with Crippen LogP contribution < -0.4 is 14.8 Å². The summed E-state index contributed by atoms with van der Waals surface area (Å²) in [5.74, 6) is 0.217. The molecule has 0 heterocycles. The van der Waals surface area contributed by atoms with Crippen molar-refractivity contribution in [2.24, 2.45) is 0 Å². The highest BCUT2D eigenvalue weighted by Crippen LogP contribution is 2.27. The van der Waals surface area contributed by atoms with Crippen LogP contribution in [0.2, 0.25) is 0 Å². The average molecular weight is 425 g/mol. The molecule has 3 aromatic carbocycles. The number of carbonyl (C=O) groups excluding carboxylic acids is 1. The highest BCUT2D eigenvalue weighted by molar-refractivity contribution is 7.89. The van der Waals surface area contributed by atoms with Crippen LogP contribution in [0.5, 0.6) is 5.75 Å². The molecule has 0 fully saturated rings. The zero-order valence-electron chi connectivity index (χ0n) is 16.9. The fourth-order valence-corrected chi connectivity index (χ4v) is 3.88. The third-order valence-corrected chi connectivity index (χ3v) is 5.95. The maximum Gasteiger partial charge on any atom is 0.255 e. The molecular formula is C23H24N2O4S. The molecule has 0 saturated heterocycles. The molecular weight excluding hydrogens is 400 g/mol. The monoisotopic (exact) mass is 424 g/mol. The third kappa shape index (κ3) is 5.46. The summed E-state index contributed by atoms with van der Waals surface area (Å²) in [6.45, 7) is 4.33. The van der Waals surface area contributed by atoms with Crippen molar-refractivity contribution in [3.63, 3.8) is 0 Å². The highest BCUT2D eigenvalue weighted by atomic mass is 32.2. The predicted molar refractivity (Wildman–Crippen MR) is 117 cm³/mol. The molecule has 0 radical (unpaired) electrons. The van der Waals surface area contributed by atoms with Crippen LogP contribution in [0.1, 0.15) is 28.4 Å². The van der Waals surface area contributed by atoms with Crippen molar-refractivity contribution in [2.45, 2.75) is 25.3 Å². The second-order valence-electron chi connectivity index (χ2n) is 6.75. The molecule has 6 nitrogen and oxygen atoms in total. The number of hydrogen-bond donors (Lipinski definition) is 2. The Morgan fingerprint density at radius 2 is 1.67 bits per heavy atom. The molecule has 3 aromatic rings. The van der Waals surface area contributed by atoms with Crippen molar-refractivity contribution < 1.29 is 17.9 Å². The molecule has 7 heteroatoms. The van der Waals surface area contributed by atoms with Crippen molar-refractivity contribution in [1.82, 2.24) is 4.72 Å². The molecule has 0 unspecified atom stereocenters. The first-order valence-corrected chi connectivity index (χ1v) is 11.1. The normalized spacial score (nSPS) is 11.1. The standard InChI is InChI=1S/C23H24N2O4S/c1-3-24-30(27,28)20-12-10-19(11-13-20)23(26)25-21-14-9-17(2)15-22(21)29-16-18-7-5-4-6-8-18/h4-15,24H,3,16H2,1-2H3,(H,25,26). The Balaban J connectivity index is 1.75. The van der Waals surface area contributed by atoms with Crippen molar-refractivity contribution in [2.75, 3.05) is 11.9 Å². The summed E-state index contributed by atoms with van der Waals surface area (Å²) in [6.07, 6.45) is 0. The molecule has 0 aliphatic carbocycles. The Bertz CT molecular complexity index is 1110. The van der Waals surface area contributed by atoms with Gasteiger partial charge in [-0.25, -0.2) is 13.1 Å². The van der Waals surface area contributed by atoms with E-state index in [4.69, 9.17) is 4.74 Å². The van der Waals surface area contributed by atoms with E-state index in [1.807, 2.05) is 49.4 Å². The van der Waals surface area contributed by atoms with Crippen LogP contribution in [0.3, 0.4) is 0 Å². The van der Waals surface area contributed by atoms with Crippen LogP contribution in [0.25, 0.3) is 0 Å². The van der Waals surface area contributed by atoms with E-state index in [1.165, 1.54) is 24.3 Å². The van der Waals surface area contributed by atoms with Crippen LogP contribution in [-0.4, -0.2) is 20.9 Å². The van der Waals surface area contributed by atoms with Gasteiger partial charge in [0, 0.05) is 12.1 Å². The molecule has 0 bridgehead atoms. The Morgan fingerprint density at radius 1 is 0.967 bits per heavy atom. The molecule has 156 valence electrons. The number of anilines is 1. The number of aryl methyl sites for hydroxylation is 1. The van der Waals surface area contributed by atoms with E-state index in [1.54, 1.807) is 13.0 Å². The van der Waals surface area contributed by atoms with Gasteiger partial charge in [-0.05, 0) is 54.4 Å². The van der Waals surface area contributed by atoms with Gasteiger partial charge in [0.1, 0.15) is 12.4 Å². The molecule has 0 spiro atoms. The number of benzene rings is 3. The van der Waals surface area contributed by atoms with Crippen molar-refractivity contribution in [3.05, 3.63) is 89.5 Å². The second kappa shape index (κ2) is 9.56. The van der Waals surface area contributed by atoms with Crippen molar-refractivity contribution in [1.29, 1.82) is 0 Å². The summed E-state index contributed by atoms with van der Waals surface area (Å²) in [7, 11) is -3.56. The van der Waals surface area contributed by atoms with Crippen LogP contribution >= 0.6 is 0 Å². The molecule has 3 rings (SSSR count). The van der Waals surface area contributed by atoms with Gasteiger partial charge >= 0.3 is 0 Å². The minimum Gasteiger partial charge on any atom is -0.487 e. The van der Waals surface area contributed by atoms with E-state index < -0.39 is 10.0 Å². The largest absolute Gasteiger partial charge is 0.487 e. The quantitative estimate of drug-likeness (QED) is 0.570. The number of nitrogens with one attached hydrogen (secondary N) is 2. The van der Waals surface area contributed by atoms with E-state index in [0.717, 1.165) is 11.1 Å². The summed E-state index contributed by atoms with van der Waals surface area (Å²) in [5.41, 5.74) is 2.92. The maximum absolute atomic E-state index is 12.7. The number of amides is 1. The Labute approximate surface area is 177 Å². The first kappa shape index (κ1) is 21.5. The third-order valence-electron chi connectivity index (χ3n) is 4.38. The van der Waals surface area contributed by atoms with E-state index in [-0.39, 0.29) is 10.8 Å². The summed E-state index contributed by atoms with van der Waals surface area (Å²) in [4.78, 5) is 12.8. The van der Waals surface area contributed by atoms with Gasteiger partial charge in [-0.3, -0.25) is 4.79 Å². The predicted octanol–water partition coefficient (Wildman–Crippen LogP) is 4.12. The Morgan fingerprint density at radius 3 is 2.33 bits per heavy atom. The summed E-state index contributed by atoms with van der Waals surface area (Å²) in [6, 6.07) is 21.1. The number of rotatable bonds is 8. The van der Waals surface area contributed by atoms with Gasteiger partial charge in [0.15, 0.2) is 0 Å². The topological polar surface area (TPSA) is 84.5 Å². The van der Waals surface area contributed by atoms with Gasteiger partial charge in [0.25, 0.3) is 5.91 Å². The minimum atomic E-state index is -3.56. The molecule has 30 heavy (non-hydrogen) atoms. The van der Waals surface area contributed by atoms with Gasteiger partial charge < -0.3 is 10.1 Å². The van der Waals surface area contributed by atoms with E-state index >= 15 is 0 Å². The zero-order chi connectivity index (χ0) is 21.6. The fourth-order valence-electron chi connectivity index (χ4n) is 2.84. The van der Waals surface area contributed by atoms with Crippen LogP contribution in [0, 0.1) is 6.92 Å². The number of carbonyl (C=O) groups is 1. The SMILES string of the molecule is CCNS(=O)(=O)c1ccc(C(=O)Nc2ccc(C)cc2OCc2ccccc2)cc1. The van der Waals surface area contributed by atoms with Gasteiger partial charge in [0.2, 0.25) is 10.0 Å². The lowest BCUT2D eigenvalue weighted by Gasteiger charge is -2.14. The summed E-state index contributed by atoms with van der Waals surface area (Å²) < 4.78 is 32.4. The molecule has 0 aliphatic heterocycles. The van der Waals surface area contributed by atoms with E-state index in [0.29, 0.717) is 30.2 Å². The van der Waals surface area contributed by atoms with Crippen molar-refractivity contribution in [3.8, 4) is 5.75 Å². The molecule has 0 atom stereocenters. The smallest absolute Gasteiger partial charge is 0.255 e. The molecule has 0 aromatic heterocycles. The van der Waals surface area contributed by atoms with Gasteiger partial charge in [-0.2, -0.15) is 0 Å². The Kier molecular flexibility index (Phi) is 6.87. The van der Waals surface area contributed by atoms with Gasteiger partial charge in [-0.1, -0.05) is 43.3 Å². The Hall–Kier alpha value is -3.16. The lowest BCUT2D eigenvalue weighted by molar-refractivity contribution is 0.102. The fraction of sp³-hybridized carbons (Fsp3) is 0.174. The van der Waals surface area contributed by atoms with Crippen LogP contribution in [-0.2, 0) is 16.6 Å².